The van der Waals surface area contributed by atoms with E-state index in [0.717, 1.165) is 28.4 Å². The molecule has 0 amide bonds. The molecule has 2 rings (SSSR count). The van der Waals surface area contributed by atoms with Crippen molar-refractivity contribution in [2.45, 2.75) is 0 Å². The third-order valence-corrected chi connectivity index (χ3v) is 4.34. The number of esters is 4. The van der Waals surface area contributed by atoms with E-state index in [9.17, 15) is 29.1 Å². The van der Waals surface area contributed by atoms with Gasteiger partial charge in [-0.3, -0.25) is 14.4 Å². The van der Waals surface area contributed by atoms with E-state index in [2.05, 4.69) is 18.9 Å². The second-order valence-electron chi connectivity index (χ2n) is 5.41. The maximum absolute atomic E-state index is 12.7. The van der Waals surface area contributed by atoms with E-state index in [0.29, 0.717) is 0 Å². The summed E-state index contributed by atoms with van der Waals surface area (Å²) in [6.07, 6.45) is 0. The smallest absolute Gasteiger partial charge is 0.510 e. The molecule has 0 saturated heterocycles. The van der Waals surface area contributed by atoms with Gasteiger partial charge in [0.25, 0.3) is 0 Å². The number of ether oxygens (including phenoxy) is 4. The number of fused-ring (bicyclic) bond motifs is 1. The van der Waals surface area contributed by atoms with Gasteiger partial charge in [-0.05, 0) is 5.57 Å². The fraction of sp³-hybridized carbons (Fsp3) is 0.438. The van der Waals surface area contributed by atoms with Crippen molar-refractivity contribution in [1.29, 1.82) is 0 Å². The van der Waals surface area contributed by atoms with Gasteiger partial charge < -0.3 is 24.1 Å². The summed E-state index contributed by atoms with van der Waals surface area (Å²) < 4.78 is 18.3. The van der Waals surface area contributed by atoms with Gasteiger partial charge >= 0.3 is 53.4 Å². The Bertz CT molecular complexity index is 778. The van der Waals surface area contributed by atoms with Gasteiger partial charge in [-0.15, -0.1) is 0 Å². The number of aliphatic hydroxyl groups excluding tert-OH is 1. The molecule has 0 aliphatic heterocycles. The van der Waals surface area contributed by atoms with Crippen molar-refractivity contribution >= 4 is 29.7 Å². The summed E-state index contributed by atoms with van der Waals surface area (Å²) in [6.45, 7) is 0. The van der Waals surface area contributed by atoms with Gasteiger partial charge in [0.2, 0.25) is 0 Å². The standard InChI is InChI=1S/C16H16O10.Na/c1-23-13(19)7-5-6(9(11(7)17)15(21)25-3)10(16(22)26-4)12(18)8(5)14(20)24-2;/h5,7,10,18H,1-4H3;/q;+1. The second-order valence-corrected chi connectivity index (χ2v) is 5.41. The summed E-state index contributed by atoms with van der Waals surface area (Å²) in [5.41, 5.74) is -1.34. The molecule has 140 valence electrons. The van der Waals surface area contributed by atoms with Crippen LogP contribution in [0.1, 0.15) is 0 Å². The zero-order valence-corrected chi connectivity index (χ0v) is 17.4. The molecule has 0 bridgehead atoms. The van der Waals surface area contributed by atoms with Crippen LogP contribution in [-0.2, 0) is 42.9 Å². The first kappa shape index (κ1) is 22.9. The number of Topliss-reactive ketones (excluding diaryl/α,β-unsaturated/α-hetero) is 1. The van der Waals surface area contributed by atoms with Crippen molar-refractivity contribution in [3.8, 4) is 0 Å². The van der Waals surface area contributed by atoms with Crippen LogP contribution in [0.2, 0.25) is 0 Å². The molecule has 11 heteroatoms. The topological polar surface area (TPSA) is 143 Å². The molecule has 2 aliphatic carbocycles. The molecule has 0 aromatic rings. The van der Waals surface area contributed by atoms with Crippen LogP contribution in [-0.4, -0.2) is 63.2 Å². The van der Waals surface area contributed by atoms with Gasteiger partial charge in [0.1, 0.15) is 23.2 Å². The van der Waals surface area contributed by atoms with Crippen molar-refractivity contribution in [2.24, 2.45) is 17.8 Å². The normalized spacial score (nSPS) is 23.4. The minimum absolute atomic E-state index is 0. The number of aliphatic hydroxyl groups is 1. The van der Waals surface area contributed by atoms with E-state index in [1.165, 1.54) is 0 Å². The molecule has 1 N–H and O–H groups in total. The molecule has 3 unspecified atom stereocenters. The van der Waals surface area contributed by atoms with Crippen LogP contribution < -0.4 is 29.6 Å². The molecular weight excluding hydrogens is 375 g/mol. The van der Waals surface area contributed by atoms with Gasteiger partial charge in [-0.2, -0.15) is 0 Å². The molecule has 3 atom stereocenters. The molecule has 0 aromatic carbocycles. The van der Waals surface area contributed by atoms with Crippen molar-refractivity contribution in [3.05, 3.63) is 22.5 Å². The average Bonchev–Trinajstić information content (AvgIpc) is 3.08. The number of ketones is 1. The van der Waals surface area contributed by atoms with Crippen molar-refractivity contribution in [2.75, 3.05) is 28.4 Å². The Labute approximate surface area is 175 Å². The zero-order chi connectivity index (χ0) is 19.8. The third kappa shape index (κ3) is 3.40. The summed E-state index contributed by atoms with van der Waals surface area (Å²) in [4.78, 5) is 61.2. The molecule has 0 aromatic heterocycles. The first-order valence-electron chi connectivity index (χ1n) is 7.30. The largest absolute Gasteiger partial charge is 1.00 e. The van der Waals surface area contributed by atoms with Crippen LogP contribution in [0.4, 0.5) is 0 Å². The maximum Gasteiger partial charge on any atom is 1.00 e. The first-order valence-corrected chi connectivity index (χ1v) is 7.30. The van der Waals surface area contributed by atoms with Crippen LogP contribution in [0.25, 0.3) is 0 Å². The summed E-state index contributed by atoms with van der Waals surface area (Å²) in [5, 5.41) is 10.4. The van der Waals surface area contributed by atoms with Crippen molar-refractivity contribution < 1.29 is 77.6 Å². The summed E-state index contributed by atoms with van der Waals surface area (Å²) in [7, 11) is 4.05. The van der Waals surface area contributed by atoms with Gasteiger partial charge in [-0.1, -0.05) is 0 Å². The van der Waals surface area contributed by atoms with Crippen LogP contribution >= 0.6 is 0 Å². The number of hydrogen-bond acceptors (Lipinski definition) is 10. The Kier molecular flexibility index (Phi) is 7.35. The van der Waals surface area contributed by atoms with Crippen molar-refractivity contribution in [3.63, 3.8) is 0 Å². The van der Waals surface area contributed by atoms with Crippen LogP contribution in [0.5, 0.6) is 0 Å². The number of rotatable bonds is 4. The van der Waals surface area contributed by atoms with Crippen LogP contribution in [0.3, 0.4) is 0 Å². The van der Waals surface area contributed by atoms with Gasteiger partial charge in [0.05, 0.1) is 34.0 Å². The monoisotopic (exact) mass is 391 g/mol. The number of hydrogen-bond donors (Lipinski definition) is 1. The summed E-state index contributed by atoms with van der Waals surface area (Å²) in [6, 6.07) is 0. The first-order chi connectivity index (χ1) is 12.3. The van der Waals surface area contributed by atoms with E-state index < -0.39 is 64.3 Å². The molecule has 2 aliphatic rings. The van der Waals surface area contributed by atoms with E-state index in [-0.39, 0.29) is 35.1 Å². The third-order valence-electron chi connectivity index (χ3n) is 4.34. The molecule has 0 saturated carbocycles. The van der Waals surface area contributed by atoms with Crippen LogP contribution in [0.15, 0.2) is 22.5 Å². The Morgan fingerprint density at radius 3 is 1.81 bits per heavy atom. The van der Waals surface area contributed by atoms with Gasteiger partial charge in [0, 0.05) is 5.92 Å². The fourth-order valence-electron chi connectivity index (χ4n) is 3.28. The Morgan fingerprint density at radius 1 is 0.852 bits per heavy atom. The molecule has 0 spiro atoms. The Hall–Kier alpha value is -2.17. The number of carbonyl (C=O) groups is 5. The van der Waals surface area contributed by atoms with Gasteiger partial charge in [0.15, 0.2) is 5.78 Å². The van der Waals surface area contributed by atoms with E-state index in [1.807, 2.05) is 0 Å². The van der Waals surface area contributed by atoms with E-state index >= 15 is 0 Å². The van der Waals surface area contributed by atoms with E-state index in [4.69, 9.17) is 0 Å². The van der Waals surface area contributed by atoms with Crippen LogP contribution in [0, 0.1) is 17.8 Å². The molecule has 10 nitrogen and oxygen atoms in total. The molecule has 0 heterocycles. The maximum atomic E-state index is 12.7. The average molecular weight is 391 g/mol. The molecule has 0 fully saturated rings. The summed E-state index contributed by atoms with van der Waals surface area (Å²) in [5.74, 6) is -10.7. The number of carbonyl (C=O) groups excluding carboxylic acids is 5. The Balaban J connectivity index is 0.00000364. The fourth-order valence-corrected chi connectivity index (χ4v) is 3.28. The predicted molar refractivity (Wildman–Crippen MR) is 80.2 cm³/mol. The van der Waals surface area contributed by atoms with Gasteiger partial charge in [-0.25, -0.2) is 9.59 Å². The SMILES string of the molecule is COC(=O)C1=C2C(C(=O)OC)C(O)=C(C(=O)OC)C2C(C(=O)OC)C1=O.[Na+]. The quantitative estimate of drug-likeness (QED) is 0.167. The van der Waals surface area contributed by atoms with Crippen molar-refractivity contribution in [1.82, 2.24) is 0 Å². The zero-order valence-electron chi connectivity index (χ0n) is 15.4. The minimum atomic E-state index is -1.64. The summed E-state index contributed by atoms with van der Waals surface area (Å²) >= 11 is 0. The molecular formula is C16H16NaO10+. The van der Waals surface area contributed by atoms with E-state index in [1.54, 1.807) is 0 Å². The Morgan fingerprint density at radius 2 is 1.37 bits per heavy atom. The molecule has 27 heavy (non-hydrogen) atoms. The minimum Gasteiger partial charge on any atom is -0.510 e. The predicted octanol–water partition coefficient (Wildman–Crippen LogP) is -3.76. The molecule has 0 radical (unpaired) electrons. The second kappa shape index (κ2) is 8.68. The number of methoxy groups -OCH3 is 4.